The topological polar surface area (TPSA) is 90.5 Å². The molecular formula is C22H26N4O3. The molecule has 0 spiro atoms. The first-order chi connectivity index (χ1) is 14.1. The van der Waals surface area contributed by atoms with Crippen LogP contribution in [0.5, 0.6) is 0 Å². The van der Waals surface area contributed by atoms with E-state index in [2.05, 4.69) is 20.9 Å². The monoisotopic (exact) mass is 394 g/mol. The van der Waals surface area contributed by atoms with E-state index in [1.54, 1.807) is 24.3 Å². The van der Waals surface area contributed by atoms with Crippen LogP contribution >= 0.6 is 0 Å². The van der Waals surface area contributed by atoms with Gasteiger partial charge >= 0.3 is 0 Å². The number of benzene rings is 2. The van der Waals surface area contributed by atoms with E-state index in [1.807, 2.05) is 36.4 Å². The molecule has 0 aromatic heterocycles. The van der Waals surface area contributed by atoms with Gasteiger partial charge in [-0.05, 0) is 37.1 Å². The van der Waals surface area contributed by atoms with E-state index >= 15 is 0 Å². The molecule has 29 heavy (non-hydrogen) atoms. The van der Waals surface area contributed by atoms with Gasteiger partial charge in [0.2, 0.25) is 11.8 Å². The maximum absolute atomic E-state index is 12.1. The van der Waals surface area contributed by atoms with Crippen molar-refractivity contribution >= 4 is 23.4 Å². The molecule has 2 aromatic rings. The van der Waals surface area contributed by atoms with Crippen LogP contribution in [-0.2, 0) is 9.59 Å². The lowest BCUT2D eigenvalue weighted by molar-refractivity contribution is -0.121. The molecule has 0 aliphatic carbocycles. The largest absolute Gasteiger partial charge is 0.352 e. The number of hydrogen-bond donors (Lipinski definition) is 3. The minimum atomic E-state index is -0.264. The van der Waals surface area contributed by atoms with Crippen LogP contribution in [0.2, 0.25) is 0 Å². The lowest BCUT2D eigenvalue weighted by Crippen LogP contribution is -2.48. The number of piperidine rings is 1. The Morgan fingerprint density at radius 1 is 0.862 bits per heavy atom. The highest BCUT2D eigenvalue weighted by atomic mass is 16.2. The summed E-state index contributed by atoms with van der Waals surface area (Å²) in [6.07, 6.45) is 1.55. The van der Waals surface area contributed by atoms with Crippen LogP contribution in [0.25, 0.3) is 0 Å². The van der Waals surface area contributed by atoms with Crippen LogP contribution in [0.3, 0.4) is 0 Å². The van der Waals surface area contributed by atoms with Gasteiger partial charge in [-0.1, -0.05) is 36.4 Å². The standard InChI is InChI=1S/C22H26N4O3/c27-20(15-23-22(29)17-7-3-1-4-8-17)24-19-11-13-26(14-12-19)16-21(28)25-18-9-5-2-6-10-18/h1-10,19H,11-16H2,(H,23,29)(H,24,27)(H,25,28). The fraction of sp³-hybridized carbons (Fsp3) is 0.318. The van der Waals surface area contributed by atoms with Gasteiger partial charge < -0.3 is 16.0 Å². The Balaban J connectivity index is 1.33. The van der Waals surface area contributed by atoms with Gasteiger partial charge in [0, 0.05) is 30.4 Å². The molecule has 1 fully saturated rings. The first-order valence-electron chi connectivity index (χ1n) is 9.80. The lowest BCUT2D eigenvalue weighted by atomic mass is 10.0. The Morgan fingerprint density at radius 2 is 1.48 bits per heavy atom. The Kier molecular flexibility index (Phi) is 7.35. The quantitative estimate of drug-likeness (QED) is 0.666. The van der Waals surface area contributed by atoms with Gasteiger partial charge in [-0.25, -0.2) is 0 Å². The second kappa shape index (κ2) is 10.4. The van der Waals surface area contributed by atoms with Gasteiger partial charge in [0.25, 0.3) is 5.91 Å². The number of hydrogen-bond acceptors (Lipinski definition) is 4. The van der Waals surface area contributed by atoms with Gasteiger partial charge in [-0.3, -0.25) is 19.3 Å². The smallest absolute Gasteiger partial charge is 0.251 e. The van der Waals surface area contributed by atoms with E-state index in [4.69, 9.17) is 0 Å². The maximum atomic E-state index is 12.1. The Bertz CT molecular complexity index is 818. The van der Waals surface area contributed by atoms with E-state index in [9.17, 15) is 14.4 Å². The zero-order chi connectivity index (χ0) is 20.5. The van der Waals surface area contributed by atoms with Crippen LogP contribution in [0.4, 0.5) is 5.69 Å². The van der Waals surface area contributed by atoms with E-state index in [0.717, 1.165) is 31.6 Å². The normalized spacial score (nSPS) is 14.8. The van der Waals surface area contributed by atoms with E-state index in [-0.39, 0.29) is 30.3 Å². The van der Waals surface area contributed by atoms with Gasteiger partial charge in [0.05, 0.1) is 13.1 Å². The summed E-state index contributed by atoms with van der Waals surface area (Å²) in [6, 6.07) is 18.2. The van der Waals surface area contributed by atoms with Crippen molar-refractivity contribution < 1.29 is 14.4 Å². The average Bonchev–Trinajstić information content (AvgIpc) is 2.75. The molecule has 3 amide bonds. The van der Waals surface area contributed by atoms with Crippen LogP contribution in [0, 0.1) is 0 Å². The summed E-state index contributed by atoms with van der Waals surface area (Å²) in [4.78, 5) is 38.3. The number of likely N-dealkylation sites (tertiary alicyclic amines) is 1. The number of carbonyl (C=O) groups is 3. The minimum Gasteiger partial charge on any atom is -0.352 e. The number of carbonyl (C=O) groups excluding carboxylic acids is 3. The molecule has 7 nitrogen and oxygen atoms in total. The summed E-state index contributed by atoms with van der Waals surface area (Å²) in [6.45, 7) is 1.77. The number of amides is 3. The molecular weight excluding hydrogens is 368 g/mol. The SMILES string of the molecule is O=C(CN1CCC(NC(=O)CNC(=O)c2ccccc2)CC1)Nc1ccccc1. The number of nitrogens with one attached hydrogen (secondary N) is 3. The van der Waals surface area contributed by atoms with Crippen molar-refractivity contribution in [2.45, 2.75) is 18.9 Å². The summed E-state index contributed by atoms with van der Waals surface area (Å²) >= 11 is 0. The summed E-state index contributed by atoms with van der Waals surface area (Å²) in [5, 5.41) is 8.47. The first-order valence-corrected chi connectivity index (χ1v) is 9.80. The third-order valence-electron chi connectivity index (χ3n) is 4.82. The Morgan fingerprint density at radius 3 is 2.14 bits per heavy atom. The second-order valence-electron chi connectivity index (χ2n) is 7.08. The summed E-state index contributed by atoms with van der Waals surface area (Å²) in [7, 11) is 0. The molecule has 0 bridgehead atoms. The van der Waals surface area contributed by atoms with Crippen molar-refractivity contribution in [2.75, 3.05) is 31.5 Å². The summed E-state index contributed by atoms with van der Waals surface area (Å²) in [5.41, 5.74) is 1.32. The van der Waals surface area contributed by atoms with E-state index in [1.165, 1.54) is 0 Å². The highest BCUT2D eigenvalue weighted by Gasteiger charge is 2.22. The highest BCUT2D eigenvalue weighted by Crippen LogP contribution is 2.11. The van der Waals surface area contributed by atoms with Crippen molar-refractivity contribution in [1.29, 1.82) is 0 Å². The predicted octanol–water partition coefficient (Wildman–Crippen LogP) is 1.64. The molecule has 0 saturated carbocycles. The summed E-state index contributed by atoms with van der Waals surface area (Å²) in [5.74, 6) is -0.503. The van der Waals surface area contributed by atoms with Crippen molar-refractivity contribution in [2.24, 2.45) is 0 Å². The Labute approximate surface area is 170 Å². The van der Waals surface area contributed by atoms with Crippen LogP contribution in [-0.4, -0.2) is 54.8 Å². The minimum absolute atomic E-state index is 0.0395. The van der Waals surface area contributed by atoms with E-state index in [0.29, 0.717) is 12.1 Å². The number of para-hydroxylation sites is 1. The number of anilines is 1. The third kappa shape index (κ3) is 6.73. The molecule has 2 aromatic carbocycles. The average molecular weight is 394 g/mol. The van der Waals surface area contributed by atoms with Crippen molar-refractivity contribution in [3.05, 3.63) is 66.2 Å². The molecule has 3 rings (SSSR count). The molecule has 1 aliphatic heterocycles. The zero-order valence-corrected chi connectivity index (χ0v) is 16.3. The fourth-order valence-corrected chi connectivity index (χ4v) is 3.29. The van der Waals surface area contributed by atoms with E-state index < -0.39 is 0 Å². The van der Waals surface area contributed by atoms with Gasteiger partial charge in [-0.15, -0.1) is 0 Å². The molecule has 152 valence electrons. The number of nitrogens with zero attached hydrogens (tertiary/aromatic N) is 1. The zero-order valence-electron chi connectivity index (χ0n) is 16.3. The third-order valence-corrected chi connectivity index (χ3v) is 4.82. The van der Waals surface area contributed by atoms with Crippen molar-refractivity contribution in [3.8, 4) is 0 Å². The molecule has 3 N–H and O–H groups in total. The molecule has 0 atom stereocenters. The van der Waals surface area contributed by atoms with Gasteiger partial charge in [-0.2, -0.15) is 0 Å². The fourth-order valence-electron chi connectivity index (χ4n) is 3.29. The first kappa shape index (κ1) is 20.5. The van der Waals surface area contributed by atoms with Crippen LogP contribution in [0.1, 0.15) is 23.2 Å². The number of rotatable bonds is 7. The Hall–Kier alpha value is -3.19. The highest BCUT2D eigenvalue weighted by molar-refractivity contribution is 5.96. The molecule has 0 radical (unpaired) electrons. The molecule has 7 heteroatoms. The molecule has 1 heterocycles. The maximum Gasteiger partial charge on any atom is 0.251 e. The predicted molar refractivity (Wildman–Crippen MR) is 111 cm³/mol. The molecule has 1 saturated heterocycles. The lowest BCUT2D eigenvalue weighted by Gasteiger charge is -2.31. The molecule has 1 aliphatic rings. The van der Waals surface area contributed by atoms with Crippen molar-refractivity contribution in [1.82, 2.24) is 15.5 Å². The second-order valence-corrected chi connectivity index (χ2v) is 7.08. The van der Waals surface area contributed by atoms with Gasteiger partial charge in [0.15, 0.2) is 0 Å². The molecule has 0 unspecified atom stereocenters. The van der Waals surface area contributed by atoms with Crippen molar-refractivity contribution in [3.63, 3.8) is 0 Å². The van der Waals surface area contributed by atoms with Crippen LogP contribution < -0.4 is 16.0 Å². The van der Waals surface area contributed by atoms with Crippen LogP contribution in [0.15, 0.2) is 60.7 Å². The van der Waals surface area contributed by atoms with Gasteiger partial charge in [0.1, 0.15) is 0 Å². The summed E-state index contributed by atoms with van der Waals surface area (Å²) < 4.78 is 0.